The van der Waals surface area contributed by atoms with Crippen molar-refractivity contribution in [3.63, 3.8) is 0 Å². The number of carbonyl (C=O) groups is 1. The van der Waals surface area contributed by atoms with Crippen LogP contribution in [0.15, 0.2) is 87.5 Å². The molecule has 0 heterocycles. The number of benzene rings is 3. The minimum atomic E-state index is -3.80. The highest BCUT2D eigenvalue weighted by Gasteiger charge is 2.25. The number of carbonyl (C=O) groups excluding carboxylic acids is 1. The Morgan fingerprint density at radius 2 is 1.49 bits per heavy atom. The Kier molecular flexibility index (Phi) is 8.49. The molecular formula is C24H25N3O6S2. The standard InChI is InChI=1S/C24H25N3O6S2/c1-16(17(2)26-35(31,32)23-14-8-20(33-3)9-15-23)24(28)25-18-4-10-21(11-5-18)34-22-12-6-19(7-13-22)27(29)30/h4-17,26H,1-3H3,(H,25,28). The van der Waals surface area contributed by atoms with Gasteiger partial charge in [0.1, 0.15) is 5.75 Å². The van der Waals surface area contributed by atoms with Crippen molar-refractivity contribution in [1.82, 2.24) is 4.72 Å². The van der Waals surface area contributed by atoms with Gasteiger partial charge in [-0.3, -0.25) is 14.9 Å². The van der Waals surface area contributed by atoms with Crippen LogP contribution in [-0.2, 0) is 14.8 Å². The number of nitro groups is 1. The Hall–Kier alpha value is -3.41. The van der Waals surface area contributed by atoms with E-state index >= 15 is 0 Å². The molecule has 1 amide bonds. The molecule has 0 fully saturated rings. The van der Waals surface area contributed by atoms with Crippen molar-refractivity contribution in [1.29, 1.82) is 0 Å². The number of sulfonamides is 1. The third kappa shape index (κ3) is 7.04. The second-order valence-corrected chi connectivity index (χ2v) is 10.6. The zero-order valence-corrected chi connectivity index (χ0v) is 20.9. The highest BCUT2D eigenvalue weighted by molar-refractivity contribution is 7.99. The van der Waals surface area contributed by atoms with E-state index in [0.29, 0.717) is 11.4 Å². The summed E-state index contributed by atoms with van der Waals surface area (Å²) in [6.45, 7) is 3.28. The van der Waals surface area contributed by atoms with Gasteiger partial charge >= 0.3 is 0 Å². The first-order valence-electron chi connectivity index (χ1n) is 10.6. The van der Waals surface area contributed by atoms with E-state index < -0.39 is 26.9 Å². The molecule has 0 bridgehead atoms. The molecule has 0 aromatic heterocycles. The molecule has 0 radical (unpaired) electrons. The van der Waals surface area contributed by atoms with Crippen LogP contribution < -0.4 is 14.8 Å². The first kappa shape index (κ1) is 26.2. The van der Waals surface area contributed by atoms with Crippen LogP contribution >= 0.6 is 11.8 Å². The smallest absolute Gasteiger partial charge is 0.269 e. The lowest BCUT2D eigenvalue weighted by atomic mass is 10.0. The normalized spacial score (nSPS) is 13.0. The molecule has 2 N–H and O–H groups in total. The lowest BCUT2D eigenvalue weighted by molar-refractivity contribution is -0.384. The number of hydrogen-bond donors (Lipinski definition) is 2. The topological polar surface area (TPSA) is 128 Å². The minimum Gasteiger partial charge on any atom is -0.497 e. The van der Waals surface area contributed by atoms with Crippen LogP contribution in [0, 0.1) is 16.0 Å². The number of rotatable bonds is 10. The predicted molar refractivity (Wildman–Crippen MR) is 134 cm³/mol. The van der Waals surface area contributed by atoms with Gasteiger partial charge in [0.25, 0.3) is 5.69 Å². The van der Waals surface area contributed by atoms with Crippen molar-refractivity contribution in [2.75, 3.05) is 12.4 Å². The summed E-state index contributed by atoms with van der Waals surface area (Å²) < 4.78 is 32.9. The average molecular weight is 516 g/mol. The maximum atomic E-state index is 12.7. The van der Waals surface area contributed by atoms with Crippen LogP contribution in [0.25, 0.3) is 0 Å². The number of anilines is 1. The molecule has 0 saturated carbocycles. The monoisotopic (exact) mass is 515 g/mol. The molecule has 3 rings (SSSR count). The molecule has 0 aliphatic carbocycles. The van der Waals surface area contributed by atoms with Gasteiger partial charge in [0.05, 0.1) is 22.8 Å². The maximum Gasteiger partial charge on any atom is 0.269 e. The van der Waals surface area contributed by atoms with Gasteiger partial charge in [-0.2, -0.15) is 0 Å². The van der Waals surface area contributed by atoms with E-state index in [1.807, 2.05) is 12.1 Å². The van der Waals surface area contributed by atoms with E-state index in [2.05, 4.69) is 10.0 Å². The van der Waals surface area contributed by atoms with Crippen molar-refractivity contribution in [3.05, 3.63) is 82.9 Å². The summed E-state index contributed by atoms with van der Waals surface area (Å²) in [7, 11) is -2.31. The average Bonchev–Trinajstić information content (AvgIpc) is 2.84. The van der Waals surface area contributed by atoms with E-state index in [1.165, 1.54) is 43.1 Å². The third-order valence-corrected chi connectivity index (χ3v) is 7.87. The zero-order chi connectivity index (χ0) is 25.6. The lowest BCUT2D eigenvalue weighted by Gasteiger charge is -2.21. The van der Waals surface area contributed by atoms with Crippen LogP contribution in [0.1, 0.15) is 13.8 Å². The molecule has 9 nitrogen and oxygen atoms in total. The van der Waals surface area contributed by atoms with Gasteiger partial charge in [0.15, 0.2) is 0 Å². The highest BCUT2D eigenvalue weighted by Crippen LogP contribution is 2.30. The molecule has 3 aromatic carbocycles. The fraction of sp³-hybridized carbons (Fsp3) is 0.208. The number of hydrogen-bond acceptors (Lipinski definition) is 7. The van der Waals surface area contributed by atoms with Gasteiger partial charge in [0, 0.05) is 33.7 Å². The number of ether oxygens (including phenoxy) is 1. The van der Waals surface area contributed by atoms with Crippen molar-refractivity contribution in [2.24, 2.45) is 5.92 Å². The lowest BCUT2D eigenvalue weighted by Crippen LogP contribution is -2.41. The van der Waals surface area contributed by atoms with Crippen LogP contribution in [0.4, 0.5) is 11.4 Å². The van der Waals surface area contributed by atoms with E-state index in [4.69, 9.17) is 4.74 Å². The van der Waals surface area contributed by atoms with Gasteiger partial charge in [0.2, 0.25) is 15.9 Å². The van der Waals surface area contributed by atoms with Crippen LogP contribution in [0.3, 0.4) is 0 Å². The maximum absolute atomic E-state index is 12.7. The fourth-order valence-electron chi connectivity index (χ4n) is 3.03. The zero-order valence-electron chi connectivity index (χ0n) is 19.3. The number of amides is 1. The molecule has 35 heavy (non-hydrogen) atoms. The predicted octanol–water partition coefficient (Wildman–Crippen LogP) is 4.70. The summed E-state index contributed by atoms with van der Waals surface area (Å²) in [5, 5.41) is 13.6. The summed E-state index contributed by atoms with van der Waals surface area (Å²) >= 11 is 1.43. The molecule has 0 aliphatic heterocycles. The quantitative estimate of drug-likeness (QED) is 0.296. The Labute approximate surface area is 208 Å². The molecule has 0 saturated heterocycles. The first-order valence-corrected chi connectivity index (χ1v) is 12.9. The molecule has 2 atom stereocenters. The number of nitrogens with zero attached hydrogens (tertiary/aromatic N) is 1. The van der Waals surface area contributed by atoms with Gasteiger partial charge in [-0.05, 0) is 67.6 Å². The van der Waals surface area contributed by atoms with Crippen molar-refractivity contribution < 1.29 is 22.9 Å². The summed E-state index contributed by atoms with van der Waals surface area (Å²) in [6.07, 6.45) is 0. The SMILES string of the molecule is COc1ccc(S(=O)(=O)NC(C)C(C)C(=O)Nc2ccc(Sc3ccc([N+](=O)[O-])cc3)cc2)cc1. The van der Waals surface area contributed by atoms with Crippen molar-refractivity contribution >= 4 is 39.1 Å². The largest absolute Gasteiger partial charge is 0.497 e. The molecular weight excluding hydrogens is 490 g/mol. The second kappa shape index (κ2) is 11.3. The summed E-state index contributed by atoms with van der Waals surface area (Å²) in [5.41, 5.74) is 0.599. The van der Waals surface area contributed by atoms with Gasteiger partial charge in [-0.1, -0.05) is 18.7 Å². The van der Waals surface area contributed by atoms with Crippen molar-refractivity contribution in [2.45, 2.75) is 34.6 Å². The Morgan fingerprint density at radius 1 is 0.943 bits per heavy atom. The second-order valence-electron chi connectivity index (χ2n) is 7.74. The molecule has 2 unspecified atom stereocenters. The Bertz CT molecular complexity index is 1280. The number of nitro benzene ring substituents is 1. The van der Waals surface area contributed by atoms with E-state index in [-0.39, 0.29) is 16.5 Å². The van der Waals surface area contributed by atoms with Crippen LogP contribution in [0.2, 0.25) is 0 Å². The van der Waals surface area contributed by atoms with E-state index in [0.717, 1.165) is 9.79 Å². The van der Waals surface area contributed by atoms with Crippen molar-refractivity contribution in [3.8, 4) is 5.75 Å². The minimum absolute atomic E-state index is 0.0297. The van der Waals surface area contributed by atoms with Gasteiger partial charge in [-0.15, -0.1) is 0 Å². The summed E-state index contributed by atoms with van der Waals surface area (Å²) in [6, 6.07) is 18.7. The number of methoxy groups -OCH3 is 1. The molecule has 3 aromatic rings. The fourth-order valence-corrected chi connectivity index (χ4v) is 5.17. The molecule has 11 heteroatoms. The van der Waals surface area contributed by atoms with Gasteiger partial charge < -0.3 is 10.1 Å². The summed E-state index contributed by atoms with van der Waals surface area (Å²) in [5.74, 6) is -0.426. The highest BCUT2D eigenvalue weighted by atomic mass is 32.2. The Balaban J connectivity index is 1.57. The third-order valence-electron chi connectivity index (χ3n) is 5.28. The molecule has 184 valence electrons. The molecule has 0 spiro atoms. The molecule has 0 aliphatic rings. The van der Waals surface area contributed by atoms with Gasteiger partial charge in [-0.25, -0.2) is 13.1 Å². The number of nitrogens with one attached hydrogen (secondary N) is 2. The summed E-state index contributed by atoms with van der Waals surface area (Å²) in [4.78, 5) is 24.8. The van der Waals surface area contributed by atoms with E-state index in [9.17, 15) is 23.3 Å². The van der Waals surface area contributed by atoms with Crippen LogP contribution in [-0.4, -0.2) is 32.4 Å². The Morgan fingerprint density at radius 3 is 2.00 bits per heavy atom. The number of non-ortho nitro benzene ring substituents is 1. The van der Waals surface area contributed by atoms with Crippen LogP contribution in [0.5, 0.6) is 5.75 Å². The first-order chi connectivity index (χ1) is 16.6. The van der Waals surface area contributed by atoms with E-state index in [1.54, 1.807) is 50.2 Å².